The molecule has 0 bridgehead atoms. The second-order valence-electron chi connectivity index (χ2n) is 13.6. The zero-order valence-electron chi connectivity index (χ0n) is 29.8. The van der Waals surface area contributed by atoms with Gasteiger partial charge in [-0.15, -0.1) is 0 Å². The first-order valence-electron chi connectivity index (χ1n) is 18.1. The fourth-order valence-corrected chi connectivity index (χ4v) is 7.10. The SMILES string of the molecule is CC1=CC=C(N(c2ccccc2)c2cccc(-c3cccc(-c4cccc(-c5cccc(N(c6ccccc6)c6ccc(C)cc6)c5)c4)c3)c2)CC1. The molecule has 2 nitrogen and oxygen atoms in total. The first-order valence-corrected chi connectivity index (χ1v) is 18.1. The lowest BCUT2D eigenvalue weighted by atomic mass is 9.95. The van der Waals surface area contributed by atoms with E-state index in [1.165, 1.54) is 61.6 Å². The van der Waals surface area contributed by atoms with Crippen molar-refractivity contribution in [2.24, 2.45) is 0 Å². The number of benzene rings is 7. The van der Waals surface area contributed by atoms with E-state index in [1.54, 1.807) is 0 Å². The number of hydrogen-bond donors (Lipinski definition) is 0. The van der Waals surface area contributed by atoms with Crippen LogP contribution in [-0.2, 0) is 0 Å². The molecule has 0 aliphatic heterocycles. The van der Waals surface area contributed by atoms with Crippen molar-refractivity contribution in [1.29, 1.82) is 0 Å². The highest BCUT2D eigenvalue weighted by molar-refractivity contribution is 5.83. The third-order valence-electron chi connectivity index (χ3n) is 9.88. The lowest BCUT2D eigenvalue weighted by Crippen LogP contribution is -2.17. The van der Waals surface area contributed by atoms with Crippen LogP contribution in [0, 0.1) is 6.92 Å². The van der Waals surface area contributed by atoms with Crippen LogP contribution in [0.3, 0.4) is 0 Å². The molecule has 0 atom stereocenters. The average Bonchev–Trinajstić information content (AvgIpc) is 3.21. The van der Waals surface area contributed by atoms with E-state index < -0.39 is 0 Å². The van der Waals surface area contributed by atoms with Gasteiger partial charge in [-0.3, -0.25) is 0 Å². The van der Waals surface area contributed by atoms with E-state index in [9.17, 15) is 0 Å². The predicted molar refractivity (Wildman–Crippen MR) is 222 cm³/mol. The molecule has 0 unspecified atom stereocenters. The molecule has 52 heavy (non-hydrogen) atoms. The molecule has 0 radical (unpaired) electrons. The lowest BCUT2D eigenvalue weighted by Gasteiger charge is -2.30. The van der Waals surface area contributed by atoms with Gasteiger partial charge in [0.15, 0.2) is 0 Å². The Labute approximate surface area is 308 Å². The van der Waals surface area contributed by atoms with Gasteiger partial charge in [-0.25, -0.2) is 0 Å². The summed E-state index contributed by atoms with van der Waals surface area (Å²) in [4.78, 5) is 4.73. The second-order valence-corrected chi connectivity index (χ2v) is 13.6. The molecular formula is C50H42N2. The molecule has 0 fully saturated rings. The normalized spacial score (nSPS) is 12.5. The van der Waals surface area contributed by atoms with Crippen molar-refractivity contribution in [3.8, 4) is 33.4 Å². The minimum absolute atomic E-state index is 1.02. The van der Waals surface area contributed by atoms with Crippen LogP contribution < -0.4 is 9.80 Å². The van der Waals surface area contributed by atoms with Crippen LogP contribution in [0.15, 0.2) is 205 Å². The van der Waals surface area contributed by atoms with Crippen molar-refractivity contribution in [3.63, 3.8) is 0 Å². The smallest absolute Gasteiger partial charge is 0.0467 e. The molecule has 0 saturated heterocycles. The summed E-state index contributed by atoms with van der Waals surface area (Å²) in [6, 6.07) is 65.7. The van der Waals surface area contributed by atoms with Gasteiger partial charge < -0.3 is 9.80 Å². The van der Waals surface area contributed by atoms with Gasteiger partial charge in [0, 0.05) is 34.1 Å². The molecule has 2 heteroatoms. The van der Waals surface area contributed by atoms with Crippen LogP contribution in [0.5, 0.6) is 0 Å². The standard InChI is InChI=1S/C50H42N2/c1-37-25-29-47(30-26-37)51(45-19-5-3-6-20-45)49-23-11-17-43(35-49)41-15-9-13-39(33-41)40-14-10-16-42(34-40)44-18-12-24-50(36-44)52(46-21-7-4-8-22-46)48-31-27-38(2)28-32-48/h3-27,29-31,33-36H,28,32H2,1-2H3. The quantitative estimate of drug-likeness (QED) is 0.151. The van der Waals surface area contributed by atoms with Crippen LogP contribution >= 0.6 is 0 Å². The van der Waals surface area contributed by atoms with Crippen LogP contribution in [0.1, 0.15) is 25.3 Å². The molecule has 1 aliphatic carbocycles. The molecule has 252 valence electrons. The summed E-state index contributed by atoms with van der Waals surface area (Å²) in [5.41, 5.74) is 16.9. The molecule has 0 N–H and O–H groups in total. The minimum atomic E-state index is 1.02. The molecule has 1 aliphatic rings. The van der Waals surface area contributed by atoms with Gasteiger partial charge in [-0.1, -0.05) is 126 Å². The van der Waals surface area contributed by atoms with Crippen molar-refractivity contribution in [2.45, 2.75) is 26.7 Å². The highest BCUT2D eigenvalue weighted by atomic mass is 15.2. The average molecular weight is 671 g/mol. The first-order chi connectivity index (χ1) is 25.6. The zero-order valence-corrected chi connectivity index (χ0v) is 29.8. The Balaban J connectivity index is 1.12. The van der Waals surface area contributed by atoms with Gasteiger partial charge in [0.2, 0.25) is 0 Å². The van der Waals surface area contributed by atoms with Crippen molar-refractivity contribution in [1.82, 2.24) is 0 Å². The maximum Gasteiger partial charge on any atom is 0.0467 e. The summed E-state index contributed by atoms with van der Waals surface area (Å²) in [5, 5.41) is 0. The van der Waals surface area contributed by atoms with Crippen molar-refractivity contribution >= 4 is 28.4 Å². The number of aryl methyl sites for hydroxylation is 1. The molecule has 0 amide bonds. The predicted octanol–water partition coefficient (Wildman–Crippen LogP) is 14.2. The van der Waals surface area contributed by atoms with E-state index in [1.807, 2.05) is 0 Å². The van der Waals surface area contributed by atoms with E-state index in [0.717, 1.165) is 29.9 Å². The summed E-state index contributed by atoms with van der Waals surface area (Å²) in [7, 11) is 0. The minimum Gasteiger partial charge on any atom is -0.314 e. The lowest BCUT2D eigenvalue weighted by molar-refractivity contribution is 0.875. The highest BCUT2D eigenvalue weighted by Crippen LogP contribution is 2.39. The van der Waals surface area contributed by atoms with E-state index in [2.05, 4.69) is 218 Å². The summed E-state index contributed by atoms with van der Waals surface area (Å²) < 4.78 is 0. The number of rotatable bonds is 9. The summed E-state index contributed by atoms with van der Waals surface area (Å²) in [5.74, 6) is 0. The maximum absolute atomic E-state index is 2.41. The van der Waals surface area contributed by atoms with Gasteiger partial charge in [-0.05, 0) is 139 Å². The van der Waals surface area contributed by atoms with Gasteiger partial charge in [-0.2, -0.15) is 0 Å². The van der Waals surface area contributed by atoms with Crippen molar-refractivity contribution in [3.05, 3.63) is 211 Å². The zero-order chi connectivity index (χ0) is 35.3. The van der Waals surface area contributed by atoms with E-state index in [0.29, 0.717) is 0 Å². The fraction of sp³-hybridized carbons (Fsp3) is 0.0800. The Hall–Kier alpha value is -6.38. The molecule has 8 rings (SSSR count). The molecule has 0 saturated carbocycles. The van der Waals surface area contributed by atoms with Crippen LogP contribution in [0.4, 0.5) is 28.4 Å². The van der Waals surface area contributed by atoms with Gasteiger partial charge in [0.25, 0.3) is 0 Å². The third kappa shape index (κ3) is 7.10. The molecule has 7 aromatic carbocycles. The van der Waals surface area contributed by atoms with Crippen molar-refractivity contribution in [2.75, 3.05) is 9.80 Å². The monoisotopic (exact) mass is 670 g/mol. The summed E-state index contributed by atoms with van der Waals surface area (Å²) >= 11 is 0. The molecule has 7 aromatic rings. The highest BCUT2D eigenvalue weighted by Gasteiger charge is 2.18. The number of allylic oxidation sites excluding steroid dienone is 4. The van der Waals surface area contributed by atoms with E-state index in [4.69, 9.17) is 0 Å². The Morgan fingerprint density at radius 2 is 0.731 bits per heavy atom. The molecule has 0 spiro atoms. The third-order valence-corrected chi connectivity index (χ3v) is 9.88. The van der Waals surface area contributed by atoms with E-state index >= 15 is 0 Å². The Kier molecular flexibility index (Phi) is 9.37. The van der Waals surface area contributed by atoms with Gasteiger partial charge >= 0.3 is 0 Å². The number of hydrogen-bond acceptors (Lipinski definition) is 2. The Morgan fingerprint density at radius 3 is 1.21 bits per heavy atom. The van der Waals surface area contributed by atoms with Gasteiger partial charge in [0.1, 0.15) is 0 Å². The number of anilines is 5. The van der Waals surface area contributed by atoms with Gasteiger partial charge in [0.05, 0.1) is 0 Å². The fourth-order valence-electron chi connectivity index (χ4n) is 7.10. The maximum atomic E-state index is 2.41. The van der Waals surface area contributed by atoms with Crippen LogP contribution in [0.25, 0.3) is 33.4 Å². The first kappa shape index (κ1) is 32.8. The van der Waals surface area contributed by atoms with E-state index in [-0.39, 0.29) is 0 Å². The van der Waals surface area contributed by atoms with Crippen LogP contribution in [0.2, 0.25) is 0 Å². The molecule has 0 heterocycles. The molecule has 0 aromatic heterocycles. The number of nitrogens with zero attached hydrogens (tertiary/aromatic N) is 2. The second kappa shape index (κ2) is 14.8. The summed E-state index contributed by atoms with van der Waals surface area (Å²) in [6.45, 7) is 4.35. The molecular weight excluding hydrogens is 629 g/mol. The van der Waals surface area contributed by atoms with Crippen molar-refractivity contribution < 1.29 is 0 Å². The summed E-state index contributed by atoms with van der Waals surface area (Å²) in [6.07, 6.45) is 6.64. The Bertz CT molecular complexity index is 2370. The largest absolute Gasteiger partial charge is 0.314 e. The Morgan fingerprint density at radius 1 is 0.327 bits per heavy atom. The topological polar surface area (TPSA) is 6.48 Å². The van der Waals surface area contributed by atoms with Crippen LogP contribution in [-0.4, -0.2) is 0 Å². The number of para-hydroxylation sites is 2.